The van der Waals surface area contributed by atoms with Crippen LogP contribution in [0.25, 0.3) is 11.0 Å². The second-order valence-corrected chi connectivity index (χ2v) is 7.09. The van der Waals surface area contributed by atoms with E-state index in [9.17, 15) is 14.4 Å². The number of nitrogens with zero attached hydrogens (tertiary/aromatic N) is 3. The Morgan fingerprint density at radius 3 is 2.50 bits per heavy atom. The number of aryl methyl sites for hydroxylation is 2. The van der Waals surface area contributed by atoms with E-state index >= 15 is 0 Å². The normalized spacial score (nSPS) is 18.9. The fourth-order valence-electron chi connectivity index (χ4n) is 3.77. The summed E-state index contributed by atoms with van der Waals surface area (Å²) in [6.07, 6.45) is 4.11. The molecule has 2 atom stereocenters. The second-order valence-electron chi connectivity index (χ2n) is 7.09. The monoisotopic (exact) mass is 431 g/mol. The first-order chi connectivity index (χ1) is 12.3. The van der Waals surface area contributed by atoms with Crippen LogP contribution in [0.2, 0.25) is 0 Å². The first kappa shape index (κ1) is 24.1. The average Bonchev–Trinajstić information content (AvgIpc) is 2.64. The van der Waals surface area contributed by atoms with Gasteiger partial charge in [-0.2, -0.15) is 0 Å². The SMILES string of the molecule is Cc1cc(C(=O)NC2CCCCC2CN)nc2c1c(=O)n(C)c(=O)n2C.Cl.Cl. The van der Waals surface area contributed by atoms with Crippen LogP contribution in [0.3, 0.4) is 0 Å². The average molecular weight is 432 g/mol. The van der Waals surface area contributed by atoms with Gasteiger partial charge in [-0.05, 0) is 43.9 Å². The third-order valence-corrected chi connectivity index (χ3v) is 5.37. The van der Waals surface area contributed by atoms with Gasteiger partial charge in [0, 0.05) is 20.1 Å². The van der Waals surface area contributed by atoms with Crippen LogP contribution in [0.5, 0.6) is 0 Å². The number of pyridine rings is 1. The number of carbonyl (C=O) groups is 1. The van der Waals surface area contributed by atoms with Crippen LogP contribution >= 0.6 is 24.8 Å². The predicted octanol–water partition coefficient (Wildman–Crippen LogP) is 1.03. The van der Waals surface area contributed by atoms with E-state index in [4.69, 9.17) is 5.73 Å². The van der Waals surface area contributed by atoms with Gasteiger partial charge in [0.25, 0.3) is 11.5 Å². The van der Waals surface area contributed by atoms with Crippen molar-refractivity contribution >= 4 is 41.8 Å². The molecule has 1 amide bonds. The second kappa shape index (κ2) is 9.54. The zero-order valence-corrected chi connectivity index (χ0v) is 17.9. The molecule has 2 aromatic heterocycles. The number of nitrogens with one attached hydrogen (secondary N) is 1. The molecule has 0 aliphatic heterocycles. The molecule has 1 fully saturated rings. The number of fused-ring (bicyclic) bond motifs is 1. The molecule has 2 aromatic rings. The molecule has 156 valence electrons. The van der Waals surface area contributed by atoms with Crippen molar-refractivity contribution in [3.63, 3.8) is 0 Å². The van der Waals surface area contributed by atoms with Gasteiger partial charge in [-0.1, -0.05) is 12.8 Å². The Morgan fingerprint density at radius 1 is 1.21 bits per heavy atom. The standard InChI is InChI=1S/C18H25N5O3.2ClH/c1-10-8-13(16(24)21-12-7-5-4-6-11(12)9-19)20-15-14(10)17(25)23(3)18(26)22(15)2;;/h8,11-12H,4-7,9,19H2,1-3H3,(H,21,24);2*1H. The summed E-state index contributed by atoms with van der Waals surface area (Å²) >= 11 is 0. The number of nitrogens with two attached hydrogens (primary N) is 1. The highest BCUT2D eigenvalue weighted by atomic mass is 35.5. The van der Waals surface area contributed by atoms with Crippen LogP contribution in [0.4, 0.5) is 0 Å². The predicted molar refractivity (Wildman–Crippen MR) is 114 cm³/mol. The van der Waals surface area contributed by atoms with Crippen LogP contribution in [0.15, 0.2) is 15.7 Å². The Bertz CT molecular complexity index is 986. The smallest absolute Gasteiger partial charge is 0.332 e. The Labute approximate surface area is 175 Å². The minimum Gasteiger partial charge on any atom is -0.348 e. The quantitative estimate of drug-likeness (QED) is 0.753. The van der Waals surface area contributed by atoms with Crippen molar-refractivity contribution in [1.82, 2.24) is 19.4 Å². The van der Waals surface area contributed by atoms with Gasteiger partial charge in [-0.25, -0.2) is 9.78 Å². The Kier molecular flexibility index (Phi) is 8.22. The van der Waals surface area contributed by atoms with E-state index < -0.39 is 11.2 Å². The summed E-state index contributed by atoms with van der Waals surface area (Å²) in [6.45, 7) is 2.29. The molecule has 2 unspecified atom stereocenters. The Balaban J connectivity index is 0.00000196. The molecule has 0 aromatic carbocycles. The van der Waals surface area contributed by atoms with Crippen molar-refractivity contribution in [2.45, 2.75) is 38.6 Å². The molecule has 1 saturated carbocycles. The third-order valence-electron chi connectivity index (χ3n) is 5.37. The molecule has 1 aliphatic carbocycles. The molecule has 3 N–H and O–H groups in total. The maximum Gasteiger partial charge on any atom is 0.332 e. The van der Waals surface area contributed by atoms with Crippen molar-refractivity contribution in [3.8, 4) is 0 Å². The van der Waals surface area contributed by atoms with E-state index in [0.29, 0.717) is 17.5 Å². The Morgan fingerprint density at radius 2 is 1.86 bits per heavy atom. The topological polar surface area (TPSA) is 112 Å². The summed E-state index contributed by atoms with van der Waals surface area (Å²) in [5, 5.41) is 3.39. The van der Waals surface area contributed by atoms with E-state index in [1.807, 2.05) is 0 Å². The number of hydrogen-bond donors (Lipinski definition) is 2. The van der Waals surface area contributed by atoms with Gasteiger partial charge in [0.05, 0.1) is 5.39 Å². The molecule has 28 heavy (non-hydrogen) atoms. The molecule has 0 spiro atoms. The maximum atomic E-state index is 12.7. The largest absolute Gasteiger partial charge is 0.348 e. The highest BCUT2D eigenvalue weighted by Gasteiger charge is 2.26. The fourth-order valence-corrected chi connectivity index (χ4v) is 3.77. The van der Waals surface area contributed by atoms with E-state index in [0.717, 1.165) is 30.3 Å². The molecule has 10 heteroatoms. The molecule has 1 aliphatic rings. The number of halogens is 2. The third kappa shape index (κ3) is 4.24. The van der Waals surface area contributed by atoms with Crippen molar-refractivity contribution < 1.29 is 4.79 Å². The Hall–Kier alpha value is -1.90. The van der Waals surface area contributed by atoms with E-state index in [1.54, 1.807) is 20.0 Å². The zero-order valence-electron chi connectivity index (χ0n) is 16.2. The van der Waals surface area contributed by atoms with Gasteiger partial charge < -0.3 is 11.1 Å². The first-order valence-electron chi connectivity index (χ1n) is 8.93. The number of hydrogen-bond acceptors (Lipinski definition) is 5. The molecular weight excluding hydrogens is 405 g/mol. The van der Waals surface area contributed by atoms with E-state index in [1.165, 1.54) is 11.6 Å². The number of rotatable bonds is 3. The maximum absolute atomic E-state index is 12.7. The molecule has 8 nitrogen and oxygen atoms in total. The molecule has 3 rings (SSSR count). The minimum atomic E-state index is -0.470. The van der Waals surface area contributed by atoms with Gasteiger partial charge in [0.2, 0.25) is 0 Å². The zero-order chi connectivity index (χ0) is 19.0. The van der Waals surface area contributed by atoms with E-state index in [-0.39, 0.29) is 54.0 Å². The summed E-state index contributed by atoms with van der Waals surface area (Å²) < 4.78 is 2.34. The molecule has 2 heterocycles. The molecule has 0 radical (unpaired) electrons. The number of aromatic nitrogens is 3. The number of amides is 1. The van der Waals surface area contributed by atoms with Gasteiger partial charge in [0.15, 0.2) is 0 Å². The summed E-state index contributed by atoms with van der Waals surface area (Å²) in [4.78, 5) is 41.6. The van der Waals surface area contributed by atoms with Crippen LogP contribution in [-0.2, 0) is 14.1 Å². The summed E-state index contributed by atoms with van der Waals surface area (Å²) in [6, 6.07) is 1.63. The van der Waals surface area contributed by atoms with Gasteiger partial charge in [0.1, 0.15) is 11.3 Å². The lowest BCUT2D eigenvalue weighted by molar-refractivity contribution is 0.0903. The molecule has 0 bridgehead atoms. The molecular formula is C18H27Cl2N5O3. The summed E-state index contributed by atoms with van der Waals surface area (Å²) in [5.41, 5.74) is 6.01. The fraction of sp³-hybridized carbons (Fsp3) is 0.556. The van der Waals surface area contributed by atoms with Crippen molar-refractivity contribution in [1.29, 1.82) is 0 Å². The summed E-state index contributed by atoms with van der Waals surface area (Å²) in [7, 11) is 2.98. The first-order valence-corrected chi connectivity index (χ1v) is 8.93. The van der Waals surface area contributed by atoms with Crippen molar-refractivity contribution in [3.05, 3.63) is 38.2 Å². The molecule has 0 saturated heterocycles. The highest BCUT2D eigenvalue weighted by molar-refractivity contribution is 5.95. The summed E-state index contributed by atoms with van der Waals surface area (Å²) in [5.74, 6) is -0.0284. The van der Waals surface area contributed by atoms with Crippen LogP contribution < -0.4 is 22.3 Å². The van der Waals surface area contributed by atoms with E-state index in [2.05, 4.69) is 10.3 Å². The lowest BCUT2D eigenvalue weighted by atomic mass is 9.84. The van der Waals surface area contributed by atoms with Crippen LogP contribution in [0.1, 0.15) is 41.7 Å². The van der Waals surface area contributed by atoms with Gasteiger partial charge >= 0.3 is 5.69 Å². The van der Waals surface area contributed by atoms with Crippen LogP contribution in [-0.4, -0.2) is 32.6 Å². The van der Waals surface area contributed by atoms with Crippen LogP contribution in [0, 0.1) is 12.8 Å². The van der Waals surface area contributed by atoms with Crippen molar-refractivity contribution in [2.24, 2.45) is 25.7 Å². The highest BCUT2D eigenvalue weighted by Crippen LogP contribution is 2.24. The van der Waals surface area contributed by atoms with Crippen molar-refractivity contribution in [2.75, 3.05) is 6.54 Å². The van der Waals surface area contributed by atoms with Gasteiger partial charge in [-0.15, -0.1) is 24.8 Å². The lowest BCUT2D eigenvalue weighted by Crippen LogP contribution is -2.45. The number of carbonyl (C=O) groups excluding carboxylic acids is 1. The minimum absolute atomic E-state index is 0. The van der Waals surface area contributed by atoms with Gasteiger partial charge in [-0.3, -0.25) is 18.7 Å². The lowest BCUT2D eigenvalue weighted by Gasteiger charge is -2.31.